The van der Waals surface area contributed by atoms with Crippen LogP contribution < -0.4 is 5.32 Å². The number of carbonyl (C=O) groups excluding carboxylic acids is 1. The summed E-state index contributed by atoms with van der Waals surface area (Å²) in [5, 5.41) is 7.33. The number of rotatable bonds is 4. The Hall–Kier alpha value is -1.69. The first-order valence-corrected chi connectivity index (χ1v) is 9.08. The summed E-state index contributed by atoms with van der Waals surface area (Å²) in [5.74, 6) is 1.13. The molecule has 2 aromatic rings. The van der Waals surface area contributed by atoms with Gasteiger partial charge in [0.25, 0.3) is 5.91 Å². The fourth-order valence-corrected chi connectivity index (χ4v) is 4.32. The largest absolute Gasteiger partial charge is 0.340 e. The van der Waals surface area contributed by atoms with Gasteiger partial charge in [0.05, 0.1) is 4.88 Å². The van der Waals surface area contributed by atoms with Crippen molar-refractivity contribution in [1.82, 2.24) is 15.5 Å². The number of carbonyl (C=O) groups is 1. The van der Waals surface area contributed by atoms with Crippen LogP contribution >= 0.6 is 11.3 Å². The molecule has 1 N–H and O–H groups in total. The summed E-state index contributed by atoms with van der Waals surface area (Å²) in [6.45, 7) is 5.96. The zero-order chi connectivity index (χ0) is 16.4. The molecule has 124 valence electrons. The van der Waals surface area contributed by atoms with Crippen LogP contribution in [0, 0.1) is 13.8 Å². The highest BCUT2D eigenvalue weighted by atomic mass is 32.1. The maximum absolute atomic E-state index is 12.8. The Kier molecular flexibility index (Phi) is 4.53. The Labute approximate surface area is 140 Å². The van der Waals surface area contributed by atoms with Crippen molar-refractivity contribution in [1.29, 1.82) is 0 Å². The molecule has 23 heavy (non-hydrogen) atoms. The van der Waals surface area contributed by atoms with Crippen LogP contribution in [0.15, 0.2) is 10.6 Å². The smallest absolute Gasteiger partial charge is 0.262 e. The monoisotopic (exact) mass is 333 g/mol. The summed E-state index contributed by atoms with van der Waals surface area (Å²) < 4.78 is 5.16. The van der Waals surface area contributed by atoms with Crippen LogP contribution in [0.5, 0.6) is 0 Å². The molecule has 5 nitrogen and oxygen atoms in total. The van der Waals surface area contributed by atoms with Gasteiger partial charge in [-0.15, -0.1) is 11.3 Å². The third-order valence-corrected chi connectivity index (χ3v) is 5.96. The molecule has 0 radical (unpaired) electrons. The molecular formula is C17H23N3O2S. The minimum absolute atomic E-state index is 0.0258. The van der Waals surface area contributed by atoms with E-state index in [-0.39, 0.29) is 5.91 Å². The van der Waals surface area contributed by atoms with Gasteiger partial charge in [-0.3, -0.25) is 4.79 Å². The summed E-state index contributed by atoms with van der Waals surface area (Å²) in [6.07, 6.45) is 6.01. The number of hydrogen-bond acceptors (Lipinski definition) is 5. The Bertz CT molecular complexity index is 699. The van der Waals surface area contributed by atoms with Crippen LogP contribution in [-0.2, 0) is 12.0 Å². The lowest BCUT2D eigenvalue weighted by molar-refractivity contribution is 0.0859. The molecular weight excluding hydrogens is 310 g/mol. The number of nitrogens with one attached hydrogen (secondary N) is 1. The van der Waals surface area contributed by atoms with Crippen LogP contribution in [0.1, 0.15) is 70.9 Å². The van der Waals surface area contributed by atoms with E-state index in [4.69, 9.17) is 4.52 Å². The second kappa shape index (κ2) is 6.43. The molecule has 0 spiro atoms. The van der Waals surface area contributed by atoms with Gasteiger partial charge >= 0.3 is 0 Å². The van der Waals surface area contributed by atoms with Crippen molar-refractivity contribution < 1.29 is 9.32 Å². The Balaban J connectivity index is 1.87. The molecule has 0 aromatic carbocycles. The van der Waals surface area contributed by atoms with Gasteiger partial charge in [0.1, 0.15) is 5.54 Å². The minimum Gasteiger partial charge on any atom is -0.340 e. The van der Waals surface area contributed by atoms with E-state index in [1.165, 1.54) is 16.9 Å². The fourth-order valence-electron chi connectivity index (χ4n) is 3.32. The van der Waals surface area contributed by atoms with E-state index in [0.717, 1.165) is 37.0 Å². The minimum atomic E-state index is -0.489. The molecule has 0 atom stereocenters. The van der Waals surface area contributed by atoms with Crippen molar-refractivity contribution in [2.75, 3.05) is 0 Å². The van der Waals surface area contributed by atoms with E-state index < -0.39 is 5.54 Å². The molecule has 1 aliphatic carbocycles. The zero-order valence-corrected chi connectivity index (χ0v) is 14.8. The van der Waals surface area contributed by atoms with Crippen molar-refractivity contribution in [3.63, 3.8) is 0 Å². The summed E-state index contributed by atoms with van der Waals surface area (Å²) in [5.41, 5.74) is 0.702. The first kappa shape index (κ1) is 16.2. The molecule has 0 unspecified atom stereocenters. The maximum atomic E-state index is 12.8. The Morgan fingerprint density at radius 1 is 1.35 bits per heavy atom. The third-order valence-electron chi connectivity index (χ3n) is 4.58. The number of hydrogen-bond donors (Lipinski definition) is 1. The number of amides is 1. The third kappa shape index (κ3) is 3.17. The fraction of sp³-hybridized carbons (Fsp3) is 0.588. The van der Waals surface area contributed by atoms with Gasteiger partial charge in [-0.25, -0.2) is 0 Å². The van der Waals surface area contributed by atoms with Crippen molar-refractivity contribution in [2.24, 2.45) is 0 Å². The predicted octanol–water partition coefficient (Wildman–Crippen LogP) is 3.90. The molecule has 1 amide bonds. The van der Waals surface area contributed by atoms with Crippen molar-refractivity contribution >= 4 is 17.2 Å². The van der Waals surface area contributed by atoms with Gasteiger partial charge in [0, 0.05) is 11.8 Å². The van der Waals surface area contributed by atoms with E-state index >= 15 is 0 Å². The van der Waals surface area contributed by atoms with Gasteiger partial charge in [-0.2, -0.15) is 4.98 Å². The molecule has 6 heteroatoms. The van der Waals surface area contributed by atoms with Crippen LogP contribution in [0.4, 0.5) is 0 Å². The highest BCUT2D eigenvalue weighted by Crippen LogP contribution is 2.36. The normalized spacial score (nSPS) is 17.2. The average Bonchev–Trinajstić information content (AvgIpc) is 3.14. The lowest BCUT2D eigenvalue weighted by Gasteiger charge is -2.35. The molecule has 0 bridgehead atoms. The SMILES string of the molecule is CCc1sc(C(=O)NC2(c3noc(C)n3)CCCCC2)cc1C. The summed E-state index contributed by atoms with van der Waals surface area (Å²) >= 11 is 1.58. The summed E-state index contributed by atoms with van der Waals surface area (Å²) in [7, 11) is 0. The number of nitrogens with zero attached hydrogens (tertiary/aromatic N) is 2. The lowest BCUT2D eigenvalue weighted by atomic mass is 9.81. The Morgan fingerprint density at radius 3 is 2.65 bits per heavy atom. The number of aromatic nitrogens is 2. The van der Waals surface area contributed by atoms with E-state index in [1.807, 2.05) is 6.07 Å². The van der Waals surface area contributed by atoms with Gasteiger partial charge in [0.15, 0.2) is 5.82 Å². The zero-order valence-electron chi connectivity index (χ0n) is 13.9. The highest BCUT2D eigenvalue weighted by Gasteiger charge is 2.40. The molecule has 2 aromatic heterocycles. The summed E-state index contributed by atoms with van der Waals surface area (Å²) in [6, 6.07) is 1.98. The van der Waals surface area contributed by atoms with Gasteiger partial charge in [-0.05, 0) is 37.8 Å². The van der Waals surface area contributed by atoms with Crippen molar-refractivity contribution in [3.8, 4) is 0 Å². The summed E-state index contributed by atoms with van der Waals surface area (Å²) in [4.78, 5) is 19.2. The van der Waals surface area contributed by atoms with Crippen LogP contribution in [0.2, 0.25) is 0 Å². The molecule has 1 fully saturated rings. The molecule has 1 aliphatic rings. The molecule has 3 rings (SSSR count). The molecule has 0 aliphatic heterocycles. The standard InChI is InChI=1S/C17H23N3O2S/c1-4-13-11(2)10-14(23-13)15(21)19-17(8-6-5-7-9-17)16-18-12(3)22-20-16/h10H,4-9H2,1-3H3,(H,19,21). The number of aryl methyl sites for hydroxylation is 3. The quantitative estimate of drug-likeness (QED) is 0.921. The highest BCUT2D eigenvalue weighted by molar-refractivity contribution is 7.14. The molecule has 0 saturated heterocycles. The van der Waals surface area contributed by atoms with Crippen LogP contribution in [-0.4, -0.2) is 16.0 Å². The predicted molar refractivity (Wildman–Crippen MR) is 89.7 cm³/mol. The van der Waals surface area contributed by atoms with E-state index in [2.05, 4.69) is 29.3 Å². The van der Waals surface area contributed by atoms with E-state index in [1.54, 1.807) is 18.3 Å². The van der Waals surface area contributed by atoms with Crippen LogP contribution in [0.3, 0.4) is 0 Å². The van der Waals surface area contributed by atoms with E-state index in [9.17, 15) is 4.79 Å². The van der Waals surface area contributed by atoms with E-state index in [0.29, 0.717) is 11.7 Å². The molecule has 2 heterocycles. The van der Waals surface area contributed by atoms with Crippen molar-refractivity contribution in [2.45, 2.75) is 64.8 Å². The average molecular weight is 333 g/mol. The van der Waals surface area contributed by atoms with Crippen LogP contribution in [0.25, 0.3) is 0 Å². The molecule has 1 saturated carbocycles. The maximum Gasteiger partial charge on any atom is 0.262 e. The topological polar surface area (TPSA) is 68.0 Å². The lowest BCUT2D eigenvalue weighted by Crippen LogP contribution is -2.47. The van der Waals surface area contributed by atoms with Crippen molar-refractivity contribution in [3.05, 3.63) is 33.1 Å². The second-order valence-electron chi connectivity index (χ2n) is 6.30. The van der Waals surface area contributed by atoms with Gasteiger partial charge in [0.2, 0.25) is 5.89 Å². The number of thiophene rings is 1. The van der Waals surface area contributed by atoms with Gasteiger partial charge in [-0.1, -0.05) is 31.3 Å². The van der Waals surface area contributed by atoms with Gasteiger partial charge < -0.3 is 9.84 Å². The first-order valence-electron chi connectivity index (χ1n) is 8.27. The first-order chi connectivity index (χ1) is 11.0. The Morgan fingerprint density at radius 2 is 2.09 bits per heavy atom. The second-order valence-corrected chi connectivity index (χ2v) is 7.44.